The largest absolute Gasteiger partial charge is 0.480 e. The molecule has 1 amide bonds. The Kier molecular flexibility index (Phi) is 5.85. The first kappa shape index (κ1) is 21.4. The van der Waals surface area contributed by atoms with Crippen molar-refractivity contribution < 1.29 is 32.6 Å². The van der Waals surface area contributed by atoms with Gasteiger partial charge in [-0.2, -0.15) is 0 Å². The molecule has 2 N–H and O–H groups in total. The SMILES string of the molecule is O=C(NC(Cc1cc(F)c(F)cc1F)C(=O)O)OCC1c2ccccc2-c2ccccc21. The van der Waals surface area contributed by atoms with Crippen LogP contribution in [0.25, 0.3) is 11.1 Å². The van der Waals surface area contributed by atoms with Crippen LogP contribution in [0.3, 0.4) is 0 Å². The van der Waals surface area contributed by atoms with E-state index in [0.717, 1.165) is 22.3 Å². The number of halogens is 3. The van der Waals surface area contributed by atoms with Crippen LogP contribution in [0, 0.1) is 17.5 Å². The van der Waals surface area contributed by atoms with Crippen molar-refractivity contribution in [1.82, 2.24) is 5.32 Å². The summed E-state index contributed by atoms with van der Waals surface area (Å²) in [5.74, 6) is -5.50. The maximum atomic E-state index is 13.9. The molecule has 164 valence electrons. The van der Waals surface area contributed by atoms with Gasteiger partial charge in [-0.3, -0.25) is 0 Å². The van der Waals surface area contributed by atoms with E-state index >= 15 is 0 Å². The smallest absolute Gasteiger partial charge is 0.407 e. The van der Waals surface area contributed by atoms with Crippen molar-refractivity contribution in [3.05, 3.63) is 94.8 Å². The second-order valence-electron chi connectivity index (χ2n) is 7.42. The van der Waals surface area contributed by atoms with Gasteiger partial charge in [0.2, 0.25) is 0 Å². The second kappa shape index (κ2) is 8.74. The molecule has 4 rings (SSSR count). The van der Waals surface area contributed by atoms with E-state index in [1.165, 1.54) is 0 Å². The third-order valence-electron chi connectivity index (χ3n) is 5.45. The molecular formula is C24H18F3NO4. The number of rotatable bonds is 6. The lowest BCUT2D eigenvalue weighted by Crippen LogP contribution is -2.43. The predicted octanol–water partition coefficient (Wildman–Crippen LogP) is 4.64. The average Bonchev–Trinajstić information content (AvgIpc) is 3.09. The van der Waals surface area contributed by atoms with E-state index in [9.17, 15) is 27.9 Å². The number of carboxylic acids is 1. The van der Waals surface area contributed by atoms with Crippen LogP contribution in [0.15, 0.2) is 60.7 Å². The zero-order valence-electron chi connectivity index (χ0n) is 16.6. The van der Waals surface area contributed by atoms with Crippen molar-refractivity contribution in [3.63, 3.8) is 0 Å². The maximum Gasteiger partial charge on any atom is 0.407 e. The Balaban J connectivity index is 1.45. The van der Waals surface area contributed by atoms with Gasteiger partial charge in [0.25, 0.3) is 0 Å². The Morgan fingerprint density at radius 1 is 0.906 bits per heavy atom. The summed E-state index contributed by atoms with van der Waals surface area (Å²) in [5.41, 5.74) is 3.67. The van der Waals surface area contributed by atoms with E-state index in [1.807, 2.05) is 48.5 Å². The number of hydrogen-bond donors (Lipinski definition) is 2. The van der Waals surface area contributed by atoms with Gasteiger partial charge in [-0.15, -0.1) is 0 Å². The summed E-state index contributed by atoms with van der Waals surface area (Å²) in [4.78, 5) is 23.8. The lowest BCUT2D eigenvalue weighted by atomic mass is 9.98. The zero-order valence-corrected chi connectivity index (χ0v) is 16.6. The van der Waals surface area contributed by atoms with Crippen LogP contribution in [0.4, 0.5) is 18.0 Å². The van der Waals surface area contributed by atoms with Gasteiger partial charge < -0.3 is 15.2 Å². The van der Waals surface area contributed by atoms with E-state index in [0.29, 0.717) is 12.1 Å². The molecule has 0 aromatic heterocycles. The molecule has 32 heavy (non-hydrogen) atoms. The molecule has 1 atom stereocenters. The molecular weight excluding hydrogens is 423 g/mol. The Hall–Kier alpha value is -3.81. The molecule has 0 spiro atoms. The molecule has 0 radical (unpaired) electrons. The predicted molar refractivity (Wildman–Crippen MR) is 110 cm³/mol. The van der Waals surface area contributed by atoms with Gasteiger partial charge in [0.05, 0.1) is 0 Å². The van der Waals surface area contributed by atoms with Crippen LogP contribution in [-0.4, -0.2) is 29.8 Å². The third kappa shape index (κ3) is 4.16. The summed E-state index contributed by atoms with van der Waals surface area (Å²) in [6, 6.07) is 14.7. The minimum absolute atomic E-state index is 0.0360. The standard InChI is InChI=1S/C24H18F3NO4/c25-19-11-21(27)20(26)9-13(19)10-22(23(29)30)28-24(31)32-12-18-16-7-3-1-5-14(16)15-6-2-4-8-17(15)18/h1-9,11,18,22H,10,12H2,(H,28,31)(H,29,30). The van der Waals surface area contributed by atoms with Crippen LogP contribution in [-0.2, 0) is 16.0 Å². The molecule has 0 bridgehead atoms. The topological polar surface area (TPSA) is 75.6 Å². The molecule has 1 aliphatic rings. The van der Waals surface area contributed by atoms with Crippen molar-refractivity contribution in [2.45, 2.75) is 18.4 Å². The number of aliphatic carboxylic acids is 1. The minimum Gasteiger partial charge on any atom is -0.480 e. The average molecular weight is 441 g/mol. The lowest BCUT2D eigenvalue weighted by molar-refractivity contribution is -0.139. The summed E-state index contributed by atoms with van der Waals surface area (Å²) in [5, 5.41) is 11.5. The first-order valence-electron chi connectivity index (χ1n) is 9.83. The number of carbonyl (C=O) groups is 2. The van der Waals surface area contributed by atoms with Crippen LogP contribution in [0.2, 0.25) is 0 Å². The monoisotopic (exact) mass is 441 g/mol. The van der Waals surface area contributed by atoms with Gasteiger partial charge in [0, 0.05) is 18.4 Å². The van der Waals surface area contributed by atoms with E-state index < -0.39 is 42.0 Å². The molecule has 0 saturated heterocycles. The molecule has 1 unspecified atom stereocenters. The highest BCUT2D eigenvalue weighted by Gasteiger charge is 2.30. The Morgan fingerprint density at radius 3 is 2.06 bits per heavy atom. The quantitative estimate of drug-likeness (QED) is 0.547. The normalized spacial score (nSPS) is 13.2. The second-order valence-corrected chi connectivity index (χ2v) is 7.42. The zero-order chi connectivity index (χ0) is 22.8. The number of hydrogen-bond acceptors (Lipinski definition) is 3. The molecule has 0 aliphatic heterocycles. The minimum atomic E-state index is -1.59. The molecule has 0 saturated carbocycles. The summed E-state index contributed by atoms with van der Waals surface area (Å²) < 4.78 is 45.7. The van der Waals surface area contributed by atoms with Crippen molar-refractivity contribution in [3.8, 4) is 11.1 Å². The fraction of sp³-hybridized carbons (Fsp3) is 0.167. The van der Waals surface area contributed by atoms with Crippen LogP contribution in [0.1, 0.15) is 22.6 Å². The van der Waals surface area contributed by atoms with Gasteiger partial charge in [0.1, 0.15) is 18.5 Å². The van der Waals surface area contributed by atoms with Crippen LogP contribution < -0.4 is 5.32 Å². The van der Waals surface area contributed by atoms with Gasteiger partial charge in [-0.25, -0.2) is 22.8 Å². The van der Waals surface area contributed by atoms with Crippen molar-refractivity contribution in [2.24, 2.45) is 0 Å². The fourth-order valence-corrected chi connectivity index (χ4v) is 3.92. The summed E-state index contributed by atoms with van der Waals surface area (Å²) in [6.07, 6.45) is -1.59. The van der Waals surface area contributed by atoms with E-state index in [1.54, 1.807) is 0 Å². The third-order valence-corrected chi connectivity index (χ3v) is 5.45. The summed E-state index contributed by atoms with van der Waals surface area (Å²) in [7, 11) is 0. The molecule has 5 nitrogen and oxygen atoms in total. The first-order valence-corrected chi connectivity index (χ1v) is 9.83. The van der Waals surface area contributed by atoms with Gasteiger partial charge in [0.15, 0.2) is 11.6 Å². The Labute approximate surface area is 181 Å². The number of benzene rings is 3. The molecule has 1 aliphatic carbocycles. The number of fused-ring (bicyclic) bond motifs is 3. The fourth-order valence-electron chi connectivity index (χ4n) is 3.92. The first-order chi connectivity index (χ1) is 15.3. The Morgan fingerprint density at radius 2 is 1.47 bits per heavy atom. The molecule has 3 aromatic carbocycles. The van der Waals surface area contributed by atoms with Gasteiger partial charge in [-0.1, -0.05) is 48.5 Å². The van der Waals surface area contributed by atoms with Crippen LogP contribution in [0.5, 0.6) is 0 Å². The summed E-state index contributed by atoms with van der Waals surface area (Å²) in [6.45, 7) is -0.0360. The van der Waals surface area contributed by atoms with Crippen LogP contribution >= 0.6 is 0 Å². The highest BCUT2D eigenvalue weighted by molar-refractivity contribution is 5.81. The van der Waals surface area contributed by atoms with Crippen molar-refractivity contribution in [1.29, 1.82) is 0 Å². The highest BCUT2D eigenvalue weighted by atomic mass is 19.2. The molecule has 8 heteroatoms. The number of nitrogens with one attached hydrogen (secondary N) is 1. The number of carboxylic acid groups (broad SMARTS) is 1. The van der Waals surface area contributed by atoms with Gasteiger partial charge in [-0.05, 0) is 33.9 Å². The van der Waals surface area contributed by atoms with E-state index in [4.69, 9.17) is 4.74 Å². The van der Waals surface area contributed by atoms with Crippen molar-refractivity contribution >= 4 is 12.1 Å². The molecule has 0 heterocycles. The maximum absolute atomic E-state index is 13.9. The Bertz CT molecular complexity index is 1150. The molecule has 3 aromatic rings. The summed E-state index contributed by atoms with van der Waals surface area (Å²) >= 11 is 0. The number of alkyl carbamates (subject to hydrolysis) is 1. The lowest BCUT2D eigenvalue weighted by Gasteiger charge is -2.18. The number of carbonyl (C=O) groups excluding carboxylic acids is 1. The van der Waals surface area contributed by atoms with Crippen molar-refractivity contribution in [2.75, 3.05) is 6.61 Å². The van der Waals surface area contributed by atoms with E-state index in [-0.39, 0.29) is 18.1 Å². The number of ether oxygens (including phenoxy) is 1. The van der Waals surface area contributed by atoms with Gasteiger partial charge >= 0.3 is 12.1 Å². The number of amides is 1. The molecule has 0 fully saturated rings. The highest BCUT2D eigenvalue weighted by Crippen LogP contribution is 2.44. The van der Waals surface area contributed by atoms with E-state index in [2.05, 4.69) is 5.32 Å².